The van der Waals surface area contributed by atoms with E-state index in [0.29, 0.717) is 10.7 Å². The number of rotatable bonds is 4. The first-order valence-corrected chi connectivity index (χ1v) is 8.33. The maximum Gasteiger partial charge on any atom is 0.257 e. The Morgan fingerprint density at radius 2 is 2.00 bits per heavy atom. The van der Waals surface area contributed by atoms with Gasteiger partial charge in [-0.05, 0) is 23.8 Å². The number of nitrogens with zero attached hydrogens (tertiary/aromatic N) is 2. The molecule has 4 rings (SSSR count). The molecular formula is C18H14N4OS. The van der Waals surface area contributed by atoms with E-state index in [1.54, 1.807) is 18.5 Å². The van der Waals surface area contributed by atoms with Crippen molar-refractivity contribution in [3.05, 3.63) is 77.1 Å². The third kappa shape index (κ3) is 3.04. The highest BCUT2D eigenvalue weighted by Crippen LogP contribution is 2.22. The minimum absolute atomic E-state index is 0.174. The van der Waals surface area contributed by atoms with Gasteiger partial charge in [-0.25, -0.2) is 9.97 Å². The summed E-state index contributed by atoms with van der Waals surface area (Å²) in [4.78, 5) is 24.9. The van der Waals surface area contributed by atoms with Crippen molar-refractivity contribution in [3.63, 3.8) is 0 Å². The second kappa shape index (κ2) is 6.25. The topological polar surface area (TPSA) is 70.7 Å². The molecule has 118 valence electrons. The number of aromatic amines is 1. The van der Waals surface area contributed by atoms with Crippen LogP contribution in [0.4, 0.5) is 5.13 Å². The Morgan fingerprint density at radius 3 is 2.88 bits per heavy atom. The first kappa shape index (κ1) is 14.6. The molecule has 6 heteroatoms. The monoisotopic (exact) mass is 334 g/mol. The molecule has 0 atom stereocenters. The van der Waals surface area contributed by atoms with Crippen LogP contribution >= 0.6 is 11.3 Å². The minimum Gasteiger partial charge on any atom is -0.345 e. The summed E-state index contributed by atoms with van der Waals surface area (Å²) in [6, 6.07) is 15.6. The van der Waals surface area contributed by atoms with Crippen LogP contribution in [0.1, 0.15) is 20.8 Å². The van der Waals surface area contributed by atoms with Gasteiger partial charge in [0.05, 0.1) is 17.4 Å². The van der Waals surface area contributed by atoms with E-state index in [1.807, 2.05) is 30.5 Å². The van der Waals surface area contributed by atoms with Gasteiger partial charge in [-0.3, -0.25) is 10.1 Å². The molecule has 5 nitrogen and oxygen atoms in total. The predicted molar refractivity (Wildman–Crippen MR) is 95.4 cm³/mol. The van der Waals surface area contributed by atoms with Crippen LogP contribution in [0.2, 0.25) is 0 Å². The lowest BCUT2D eigenvalue weighted by atomic mass is 10.1. The van der Waals surface area contributed by atoms with Crippen LogP contribution in [0.25, 0.3) is 11.0 Å². The van der Waals surface area contributed by atoms with E-state index in [4.69, 9.17) is 0 Å². The lowest BCUT2D eigenvalue weighted by Crippen LogP contribution is -2.11. The molecule has 0 saturated carbocycles. The average Bonchev–Trinajstić information content (AvgIpc) is 3.24. The molecule has 2 N–H and O–H groups in total. The Balaban J connectivity index is 1.47. The molecule has 0 saturated heterocycles. The highest BCUT2D eigenvalue weighted by Gasteiger charge is 2.10. The molecule has 2 aromatic heterocycles. The highest BCUT2D eigenvalue weighted by molar-refractivity contribution is 7.15. The Labute approximate surface area is 142 Å². The molecule has 0 bridgehead atoms. The van der Waals surface area contributed by atoms with Gasteiger partial charge >= 0.3 is 0 Å². The van der Waals surface area contributed by atoms with Gasteiger partial charge in [0, 0.05) is 23.1 Å². The number of H-pyrrole nitrogens is 1. The molecule has 4 aromatic rings. The molecule has 0 radical (unpaired) electrons. The van der Waals surface area contributed by atoms with E-state index in [0.717, 1.165) is 22.3 Å². The normalized spacial score (nSPS) is 10.8. The SMILES string of the molecule is O=C(Nc1ncc(Cc2ccccc2)s1)c1ccc2nc[nH]c2c1. The first-order valence-electron chi connectivity index (χ1n) is 7.51. The molecule has 0 fully saturated rings. The summed E-state index contributed by atoms with van der Waals surface area (Å²) in [5, 5.41) is 3.46. The van der Waals surface area contributed by atoms with Crippen LogP contribution in [0.5, 0.6) is 0 Å². The number of fused-ring (bicyclic) bond motifs is 1. The summed E-state index contributed by atoms with van der Waals surface area (Å²) in [6.07, 6.45) is 4.24. The molecule has 0 aliphatic rings. The van der Waals surface area contributed by atoms with Crippen molar-refractivity contribution < 1.29 is 4.79 Å². The number of amides is 1. The molecule has 0 aliphatic heterocycles. The van der Waals surface area contributed by atoms with Crippen molar-refractivity contribution in [3.8, 4) is 0 Å². The molecule has 1 amide bonds. The van der Waals surface area contributed by atoms with Gasteiger partial charge in [0.2, 0.25) is 0 Å². The lowest BCUT2D eigenvalue weighted by Gasteiger charge is -2.01. The number of carbonyl (C=O) groups excluding carboxylic acids is 1. The van der Waals surface area contributed by atoms with Gasteiger partial charge in [0.1, 0.15) is 0 Å². The lowest BCUT2D eigenvalue weighted by molar-refractivity contribution is 0.102. The minimum atomic E-state index is -0.174. The summed E-state index contributed by atoms with van der Waals surface area (Å²) < 4.78 is 0. The Bertz CT molecular complexity index is 990. The summed E-state index contributed by atoms with van der Waals surface area (Å²) in [5.41, 5.74) is 3.48. The number of benzene rings is 2. The van der Waals surface area contributed by atoms with Crippen molar-refractivity contribution in [2.24, 2.45) is 0 Å². The van der Waals surface area contributed by atoms with Gasteiger partial charge in [-0.1, -0.05) is 30.3 Å². The van der Waals surface area contributed by atoms with E-state index in [9.17, 15) is 4.79 Å². The number of nitrogens with one attached hydrogen (secondary N) is 2. The van der Waals surface area contributed by atoms with E-state index < -0.39 is 0 Å². The second-order valence-electron chi connectivity index (χ2n) is 5.38. The summed E-state index contributed by atoms with van der Waals surface area (Å²) >= 11 is 1.49. The fourth-order valence-corrected chi connectivity index (χ4v) is 3.33. The molecule has 0 spiro atoms. The van der Waals surface area contributed by atoms with Gasteiger partial charge in [-0.15, -0.1) is 11.3 Å². The predicted octanol–water partition coefficient (Wildman–Crippen LogP) is 3.86. The smallest absolute Gasteiger partial charge is 0.257 e. The zero-order valence-electron chi connectivity index (χ0n) is 12.7. The number of hydrogen-bond donors (Lipinski definition) is 2. The zero-order chi connectivity index (χ0) is 16.4. The third-order valence-electron chi connectivity index (χ3n) is 3.68. The third-order valence-corrected chi connectivity index (χ3v) is 4.59. The Kier molecular flexibility index (Phi) is 3.80. The Hall–Kier alpha value is -2.99. The van der Waals surface area contributed by atoms with Crippen LogP contribution in [0.3, 0.4) is 0 Å². The molecule has 2 heterocycles. The number of hydrogen-bond acceptors (Lipinski definition) is 4. The van der Waals surface area contributed by atoms with Gasteiger partial charge in [-0.2, -0.15) is 0 Å². The maximum atomic E-state index is 12.4. The quantitative estimate of drug-likeness (QED) is 0.595. The van der Waals surface area contributed by atoms with E-state index in [1.165, 1.54) is 16.9 Å². The summed E-state index contributed by atoms with van der Waals surface area (Å²) in [7, 11) is 0. The molecule has 24 heavy (non-hydrogen) atoms. The fraction of sp³-hybridized carbons (Fsp3) is 0.0556. The van der Waals surface area contributed by atoms with E-state index in [2.05, 4.69) is 32.4 Å². The van der Waals surface area contributed by atoms with E-state index >= 15 is 0 Å². The van der Waals surface area contributed by atoms with Crippen LogP contribution in [-0.2, 0) is 6.42 Å². The standard InChI is InChI=1S/C18H14N4OS/c23-17(13-6-7-15-16(9-13)21-11-20-15)22-18-19-10-14(24-18)8-12-4-2-1-3-5-12/h1-7,9-11H,8H2,(H,20,21)(H,19,22,23). The zero-order valence-corrected chi connectivity index (χ0v) is 13.5. The van der Waals surface area contributed by atoms with Crippen molar-refractivity contribution in [1.82, 2.24) is 15.0 Å². The molecule has 0 unspecified atom stereocenters. The molecule has 2 aromatic carbocycles. The van der Waals surface area contributed by atoms with Crippen molar-refractivity contribution >= 4 is 33.4 Å². The van der Waals surface area contributed by atoms with Gasteiger partial charge < -0.3 is 4.98 Å². The Morgan fingerprint density at radius 1 is 1.12 bits per heavy atom. The summed E-state index contributed by atoms with van der Waals surface area (Å²) in [6.45, 7) is 0. The summed E-state index contributed by atoms with van der Waals surface area (Å²) in [5.74, 6) is -0.174. The van der Waals surface area contributed by atoms with Crippen LogP contribution in [-0.4, -0.2) is 20.9 Å². The number of carbonyl (C=O) groups is 1. The van der Waals surface area contributed by atoms with Crippen LogP contribution in [0.15, 0.2) is 61.1 Å². The van der Waals surface area contributed by atoms with E-state index in [-0.39, 0.29) is 5.91 Å². The number of thiazole rings is 1. The van der Waals surface area contributed by atoms with Crippen LogP contribution in [0, 0.1) is 0 Å². The first-order chi connectivity index (χ1) is 11.8. The number of aromatic nitrogens is 3. The van der Waals surface area contributed by atoms with Crippen molar-refractivity contribution in [2.45, 2.75) is 6.42 Å². The number of anilines is 1. The second-order valence-corrected chi connectivity index (χ2v) is 6.50. The van der Waals surface area contributed by atoms with Gasteiger partial charge in [0.25, 0.3) is 5.91 Å². The average molecular weight is 334 g/mol. The van der Waals surface area contributed by atoms with Crippen LogP contribution < -0.4 is 5.32 Å². The molecule has 0 aliphatic carbocycles. The highest BCUT2D eigenvalue weighted by atomic mass is 32.1. The fourth-order valence-electron chi connectivity index (χ4n) is 2.49. The van der Waals surface area contributed by atoms with Gasteiger partial charge in [0.15, 0.2) is 5.13 Å². The van der Waals surface area contributed by atoms with Crippen molar-refractivity contribution in [1.29, 1.82) is 0 Å². The maximum absolute atomic E-state index is 12.4. The largest absolute Gasteiger partial charge is 0.345 e. The van der Waals surface area contributed by atoms with Crippen molar-refractivity contribution in [2.75, 3.05) is 5.32 Å². The number of imidazole rings is 1. The molecular weight excluding hydrogens is 320 g/mol.